The number of rotatable bonds is 4. The van der Waals surface area contributed by atoms with E-state index >= 15 is 0 Å². The lowest BCUT2D eigenvalue weighted by molar-refractivity contribution is -0.127. The lowest BCUT2D eigenvalue weighted by Gasteiger charge is -2.34. The van der Waals surface area contributed by atoms with Gasteiger partial charge in [0.25, 0.3) is 0 Å². The zero-order chi connectivity index (χ0) is 18.9. The molecule has 2 aromatic heterocycles. The van der Waals surface area contributed by atoms with Crippen molar-refractivity contribution in [2.75, 3.05) is 32.0 Å². The van der Waals surface area contributed by atoms with E-state index in [0.717, 1.165) is 51.1 Å². The molecule has 2 atom stereocenters. The monoisotopic (exact) mass is 384 g/mol. The minimum atomic E-state index is -0.302. The summed E-state index contributed by atoms with van der Waals surface area (Å²) < 4.78 is 0. The summed E-state index contributed by atoms with van der Waals surface area (Å²) in [7, 11) is 2.17. The summed E-state index contributed by atoms with van der Waals surface area (Å²) in [4.78, 5) is 23.9. The highest BCUT2D eigenvalue weighted by molar-refractivity contribution is 7.10. The van der Waals surface area contributed by atoms with Crippen LogP contribution in [0.3, 0.4) is 0 Å². The van der Waals surface area contributed by atoms with Crippen LogP contribution in [-0.2, 0) is 11.3 Å². The first-order chi connectivity index (χ1) is 13.1. The molecule has 0 saturated carbocycles. The Morgan fingerprint density at radius 1 is 1.33 bits per heavy atom. The molecule has 0 bridgehead atoms. The van der Waals surface area contributed by atoms with Gasteiger partial charge in [0, 0.05) is 30.2 Å². The van der Waals surface area contributed by atoms with Gasteiger partial charge in [0.05, 0.1) is 17.3 Å². The summed E-state index contributed by atoms with van der Waals surface area (Å²) in [5.74, 6) is 0.166. The second-order valence-corrected chi connectivity index (χ2v) is 8.94. The Balaban J connectivity index is 1.51. The fraction of sp³-hybridized carbons (Fsp3) is 0.524. The fourth-order valence-electron chi connectivity index (χ4n) is 4.68. The van der Waals surface area contributed by atoms with Crippen LogP contribution in [0, 0.1) is 12.3 Å². The Morgan fingerprint density at radius 2 is 2.19 bits per heavy atom. The second-order valence-electron chi connectivity index (χ2n) is 7.94. The average Bonchev–Trinajstić information content (AvgIpc) is 3.15. The normalized spacial score (nSPS) is 26.5. The highest BCUT2D eigenvalue weighted by Gasteiger charge is 2.52. The van der Waals surface area contributed by atoms with Gasteiger partial charge in [-0.2, -0.15) is 0 Å². The van der Waals surface area contributed by atoms with Crippen molar-refractivity contribution in [3.05, 3.63) is 46.4 Å². The van der Waals surface area contributed by atoms with Crippen molar-refractivity contribution in [3.8, 4) is 0 Å². The maximum absolute atomic E-state index is 13.4. The number of aromatic nitrogens is 1. The molecule has 0 spiro atoms. The highest BCUT2D eigenvalue weighted by Crippen LogP contribution is 2.44. The number of hydrogen-bond acceptors (Lipinski definition) is 5. The molecule has 0 unspecified atom stereocenters. The number of likely N-dealkylation sites (tertiary alicyclic amines) is 2. The van der Waals surface area contributed by atoms with Gasteiger partial charge in [-0.05, 0) is 75.5 Å². The average molecular weight is 385 g/mol. The van der Waals surface area contributed by atoms with E-state index in [1.807, 2.05) is 23.5 Å². The standard InChI is InChI=1S/C21H28N4OS/c1-16-6-13-27-18(16)15-25-10-5-19-21(8-12-25,7-11-24(19)2)20(26)23-17-4-3-9-22-14-17/h3-4,6,9,13-14,19H,5,7-8,10-12,15H2,1-2H3,(H,23,26)/t19-,21-/m1/s1. The van der Waals surface area contributed by atoms with Crippen molar-refractivity contribution >= 4 is 22.9 Å². The molecule has 6 heteroatoms. The first kappa shape index (κ1) is 18.6. The molecule has 2 aliphatic rings. The van der Waals surface area contributed by atoms with Crippen LogP contribution in [0.5, 0.6) is 0 Å². The van der Waals surface area contributed by atoms with E-state index in [9.17, 15) is 4.79 Å². The molecule has 144 valence electrons. The minimum absolute atomic E-state index is 0.166. The zero-order valence-corrected chi connectivity index (χ0v) is 17.0. The molecule has 4 heterocycles. The van der Waals surface area contributed by atoms with Gasteiger partial charge < -0.3 is 10.2 Å². The molecule has 1 N–H and O–H groups in total. The molecule has 2 aromatic rings. The Morgan fingerprint density at radius 3 is 2.93 bits per heavy atom. The third-order valence-corrected chi connectivity index (χ3v) is 7.39. The van der Waals surface area contributed by atoms with Crippen molar-refractivity contribution < 1.29 is 4.79 Å². The van der Waals surface area contributed by atoms with Crippen LogP contribution < -0.4 is 5.32 Å². The van der Waals surface area contributed by atoms with Crippen molar-refractivity contribution in [2.45, 2.75) is 38.8 Å². The predicted octanol–water partition coefficient (Wildman–Crippen LogP) is 3.38. The number of nitrogens with zero attached hydrogens (tertiary/aromatic N) is 3. The molecule has 5 nitrogen and oxygen atoms in total. The lowest BCUT2D eigenvalue weighted by Crippen LogP contribution is -2.46. The summed E-state index contributed by atoms with van der Waals surface area (Å²) in [5.41, 5.74) is 1.87. The van der Waals surface area contributed by atoms with Crippen LogP contribution >= 0.6 is 11.3 Å². The quantitative estimate of drug-likeness (QED) is 0.878. The number of fused-ring (bicyclic) bond motifs is 1. The largest absolute Gasteiger partial charge is 0.324 e. The van der Waals surface area contributed by atoms with Crippen LogP contribution in [0.1, 0.15) is 29.7 Å². The van der Waals surface area contributed by atoms with E-state index in [1.165, 1.54) is 10.4 Å². The van der Waals surface area contributed by atoms with Crippen molar-refractivity contribution in [2.24, 2.45) is 5.41 Å². The molecular weight excluding hydrogens is 356 g/mol. The van der Waals surface area contributed by atoms with Gasteiger partial charge in [-0.1, -0.05) is 0 Å². The van der Waals surface area contributed by atoms with E-state index in [-0.39, 0.29) is 11.3 Å². The Kier molecular flexibility index (Phi) is 5.30. The summed E-state index contributed by atoms with van der Waals surface area (Å²) in [6.07, 6.45) is 6.35. The number of carbonyl (C=O) groups is 1. The van der Waals surface area contributed by atoms with Crippen LogP contribution in [0.2, 0.25) is 0 Å². The maximum atomic E-state index is 13.4. The third-order valence-electron chi connectivity index (χ3n) is 6.38. The van der Waals surface area contributed by atoms with E-state index in [4.69, 9.17) is 0 Å². The SMILES string of the molecule is Cc1ccsc1CN1CC[C@H]2N(C)CC[C@@]2(C(=O)Nc2cccnc2)CC1. The smallest absolute Gasteiger partial charge is 0.232 e. The summed E-state index contributed by atoms with van der Waals surface area (Å²) >= 11 is 1.84. The number of anilines is 1. The number of aryl methyl sites for hydroxylation is 1. The summed E-state index contributed by atoms with van der Waals surface area (Å²) in [6.45, 7) is 6.21. The first-order valence-electron chi connectivity index (χ1n) is 9.75. The Hall–Kier alpha value is -1.76. The number of hydrogen-bond donors (Lipinski definition) is 1. The third kappa shape index (κ3) is 3.66. The molecule has 0 aliphatic carbocycles. The number of amides is 1. The molecule has 0 aromatic carbocycles. The molecule has 27 heavy (non-hydrogen) atoms. The van der Waals surface area contributed by atoms with Gasteiger partial charge in [-0.15, -0.1) is 11.3 Å². The van der Waals surface area contributed by atoms with Crippen LogP contribution in [0.25, 0.3) is 0 Å². The number of pyridine rings is 1. The van der Waals surface area contributed by atoms with E-state index in [0.29, 0.717) is 6.04 Å². The van der Waals surface area contributed by atoms with Gasteiger partial charge in [0.15, 0.2) is 0 Å². The van der Waals surface area contributed by atoms with Crippen LogP contribution in [0.15, 0.2) is 36.0 Å². The molecule has 2 aliphatic heterocycles. The molecule has 2 saturated heterocycles. The molecule has 1 amide bonds. The lowest BCUT2D eigenvalue weighted by atomic mass is 9.75. The number of carbonyl (C=O) groups excluding carboxylic acids is 1. The Bertz CT molecular complexity index is 792. The first-order valence-corrected chi connectivity index (χ1v) is 10.6. The van der Waals surface area contributed by atoms with E-state index in [2.05, 4.69) is 45.5 Å². The minimum Gasteiger partial charge on any atom is -0.324 e. The predicted molar refractivity (Wildman–Crippen MR) is 110 cm³/mol. The zero-order valence-electron chi connectivity index (χ0n) is 16.1. The fourth-order valence-corrected chi connectivity index (χ4v) is 5.63. The van der Waals surface area contributed by atoms with E-state index in [1.54, 1.807) is 12.4 Å². The van der Waals surface area contributed by atoms with Crippen molar-refractivity contribution in [1.82, 2.24) is 14.8 Å². The van der Waals surface area contributed by atoms with Crippen LogP contribution in [-0.4, -0.2) is 53.4 Å². The van der Waals surface area contributed by atoms with Crippen LogP contribution in [0.4, 0.5) is 5.69 Å². The van der Waals surface area contributed by atoms with E-state index < -0.39 is 0 Å². The summed E-state index contributed by atoms with van der Waals surface area (Å²) in [6, 6.07) is 6.29. The van der Waals surface area contributed by atoms with Crippen molar-refractivity contribution in [3.63, 3.8) is 0 Å². The van der Waals surface area contributed by atoms with Gasteiger partial charge in [0.1, 0.15) is 0 Å². The topological polar surface area (TPSA) is 48.5 Å². The maximum Gasteiger partial charge on any atom is 0.232 e. The Labute approximate surface area is 165 Å². The molecule has 2 fully saturated rings. The van der Waals surface area contributed by atoms with Gasteiger partial charge in [0.2, 0.25) is 5.91 Å². The van der Waals surface area contributed by atoms with Gasteiger partial charge >= 0.3 is 0 Å². The van der Waals surface area contributed by atoms with Gasteiger partial charge in [-0.25, -0.2) is 0 Å². The molecular formula is C21H28N4OS. The molecule has 4 rings (SSSR count). The highest BCUT2D eigenvalue weighted by atomic mass is 32.1. The second kappa shape index (κ2) is 7.70. The number of nitrogens with one attached hydrogen (secondary N) is 1. The number of thiophene rings is 1. The van der Waals surface area contributed by atoms with Gasteiger partial charge in [-0.3, -0.25) is 14.7 Å². The summed E-state index contributed by atoms with van der Waals surface area (Å²) in [5, 5.41) is 5.32. The van der Waals surface area contributed by atoms with Crippen molar-refractivity contribution in [1.29, 1.82) is 0 Å². The molecule has 0 radical (unpaired) electrons.